The van der Waals surface area contributed by atoms with Crippen molar-refractivity contribution in [3.63, 3.8) is 0 Å². The fraction of sp³-hybridized carbons (Fsp3) is 1.00. The first-order valence-electron chi connectivity index (χ1n) is 3.00. The maximum absolute atomic E-state index is 2.27. The van der Waals surface area contributed by atoms with Gasteiger partial charge in [0, 0.05) is 54.9 Å². The van der Waals surface area contributed by atoms with Gasteiger partial charge in [-0.25, -0.2) is 0 Å². The van der Waals surface area contributed by atoms with Crippen molar-refractivity contribution < 1.29 is 37.3 Å². The minimum atomic E-state index is 0. The predicted octanol–water partition coefficient (Wildman–Crippen LogP) is 2.74. The van der Waals surface area contributed by atoms with Gasteiger partial charge < -0.3 is 0 Å². The molecule has 0 spiro atoms. The summed E-state index contributed by atoms with van der Waals surface area (Å²) in [5, 5.41) is 0. The van der Waals surface area contributed by atoms with Crippen LogP contribution in [-0.4, -0.2) is 17.6 Å². The Kier molecular flexibility index (Phi) is 23.3. The zero-order chi connectivity index (χ0) is 7.15. The van der Waals surface area contributed by atoms with E-state index in [0.717, 1.165) is 0 Å². The SMILES string of the molecule is C[Si](C)C.C[Si](C)C.[Er]. The van der Waals surface area contributed by atoms with Crippen molar-refractivity contribution in [2.24, 2.45) is 0 Å². The quantitative estimate of drug-likeness (QED) is 0.603. The number of hydrogen-bond donors (Lipinski definition) is 0. The normalized spacial score (nSPS) is 8.00. The summed E-state index contributed by atoms with van der Waals surface area (Å²) in [7, 11) is 0.241. The van der Waals surface area contributed by atoms with Crippen molar-refractivity contribution in [1.82, 2.24) is 0 Å². The molecule has 62 valence electrons. The summed E-state index contributed by atoms with van der Waals surface area (Å²) in [5.74, 6) is 0. The number of hydrogen-bond acceptors (Lipinski definition) is 0. The third kappa shape index (κ3) is 202. The standard InChI is InChI=1S/2C3H9Si.Er/c2*1-4(2)3;/h2*1-3H3;. The second-order valence-electron chi connectivity index (χ2n) is 3.00. The van der Waals surface area contributed by atoms with E-state index in [1.54, 1.807) is 0 Å². The number of rotatable bonds is 0. The molecule has 3 heteroatoms. The van der Waals surface area contributed by atoms with E-state index >= 15 is 0 Å². The van der Waals surface area contributed by atoms with Crippen LogP contribution in [0, 0.1) is 37.3 Å². The van der Waals surface area contributed by atoms with Crippen LogP contribution < -0.4 is 0 Å². The molecular formula is C6H18ErSi2. The van der Waals surface area contributed by atoms with Gasteiger partial charge in [0.05, 0.1) is 0 Å². The molecule has 0 nitrogen and oxygen atoms in total. The van der Waals surface area contributed by atoms with Crippen molar-refractivity contribution >= 4 is 17.6 Å². The zero-order valence-corrected chi connectivity index (χ0v) is 11.1. The summed E-state index contributed by atoms with van der Waals surface area (Å²) in [4.78, 5) is 0. The Labute approximate surface area is 93.2 Å². The average molecular weight is 314 g/mol. The summed E-state index contributed by atoms with van der Waals surface area (Å²) < 4.78 is 0. The Bertz CT molecular complexity index is 26.5. The van der Waals surface area contributed by atoms with Crippen LogP contribution in [0.4, 0.5) is 0 Å². The van der Waals surface area contributed by atoms with Crippen molar-refractivity contribution in [1.29, 1.82) is 0 Å². The molecule has 0 fully saturated rings. The average Bonchev–Trinajstić information content (AvgIpc) is 1.25. The molecule has 0 aliphatic rings. The van der Waals surface area contributed by atoms with E-state index in [0.29, 0.717) is 0 Å². The van der Waals surface area contributed by atoms with Crippen molar-refractivity contribution in [2.45, 2.75) is 39.3 Å². The second-order valence-corrected chi connectivity index (χ2v) is 9.00. The van der Waals surface area contributed by atoms with E-state index in [2.05, 4.69) is 39.3 Å². The van der Waals surface area contributed by atoms with Gasteiger partial charge in [0.2, 0.25) is 0 Å². The second kappa shape index (κ2) is 12.4. The Morgan fingerprint density at radius 3 is 0.556 bits per heavy atom. The molecule has 0 rings (SSSR count). The molecule has 0 unspecified atom stereocenters. The van der Waals surface area contributed by atoms with Gasteiger partial charge in [0.1, 0.15) is 0 Å². The zero-order valence-electron chi connectivity index (χ0n) is 7.29. The van der Waals surface area contributed by atoms with Gasteiger partial charge >= 0.3 is 0 Å². The van der Waals surface area contributed by atoms with Gasteiger partial charge in [0.15, 0.2) is 0 Å². The molecule has 0 amide bonds. The first-order chi connectivity index (χ1) is 3.46. The Hall–Kier alpha value is 1.68. The Morgan fingerprint density at radius 1 is 0.556 bits per heavy atom. The molecule has 0 aromatic heterocycles. The molecule has 0 heterocycles. The minimum Gasteiger partial charge on any atom is -0.0715 e. The Morgan fingerprint density at radius 2 is 0.556 bits per heavy atom. The van der Waals surface area contributed by atoms with E-state index in [4.69, 9.17) is 0 Å². The molecule has 0 saturated heterocycles. The fourth-order valence-corrected chi connectivity index (χ4v) is 0. The molecule has 0 N–H and O–H groups in total. The molecular weight excluding hydrogens is 295 g/mol. The Balaban J connectivity index is -0.0000000720. The first-order valence-corrected chi connectivity index (χ1v) is 9.00. The van der Waals surface area contributed by atoms with Gasteiger partial charge in [0.25, 0.3) is 0 Å². The van der Waals surface area contributed by atoms with E-state index in [1.807, 2.05) is 0 Å². The molecule has 0 aromatic rings. The van der Waals surface area contributed by atoms with E-state index in [-0.39, 0.29) is 54.9 Å². The van der Waals surface area contributed by atoms with Crippen LogP contribution in [0.2, 0.25) is 39.3 Å². The van der Waals surface area contributed by atoms with Crippen LogP contribution >= 0.6 is 0 Å². The van der Waals surface area contributed by atoms with Crippen molar-refractivity contribution in [2.75, 3.05) is 0 Å². The van der Waals surface area contributed by atoms with E-state index in [9.17, 15) is 0 Å². The van der Waals surface area contributed by atoms with Crippen LogP contribution in [0.1, 0.15) is 0 Å². The van der Waals surface area contributed by atoms with Crippen LogP contribution in [0.25, 0.3) is 0 Å². The summed E-state index contributed by atoms with van der Waals surface area (Å²) in [6, 6.07) is 0. The topological polar surface area (TPSA) is 0 Å². The molecule has 2 radical (unpaired) electrons. The maximum atomic E-state index is 2.27. The van der Waals surface area contributed by atoms with Gasteiger partial charge in [-0.2, -0.15) is 0 Å². The summed E-state index contributed by atoms with van der Waals surface area (Å²) in [6.07, 6.45) is 0. The largest absolute Gasteiger partial charge is 0.0715 e. The fourth-order valence-electron chi connectivity index (χ4n) is 0. The molecule has 0 bridgehead atoms. The summed E-state index contributed by atoms with van der Waals surface area (Å²) in [6.45, 7) is 13.6. The van der Waals surface area contributed by atoms with Gasteiger partial charge in [-0.3, -0.25) is 0 Å². The smallest absolute Gasteiger partial charge is 0.0379 e. The van der Waals surface area contributed by atoms with Gasteiger partial charge in [-0.1, -0.05) is 39.3 Å². The monoisotopic (exact) mass is 312 g/mol. The summed E-state index contributed by atoms with van der Waals surface area (Å²) >= 11 is 0. The van der Waals surface area contributed by atoms with Gasteiger partial charge in [-0.15, -0.1) is 0 Å². The third-order valence-electron chi connectivity index (χ3n) is 0. The molecule has 0 aliphatic heterocycles. The van der Waals surface area contributed by atoms with Crippen LogP contribution in [0.5, 0.6) is 0 Å². The van der Waals surface area contributed by atoms with Crippen LogP contribution in [0.3, 0.4) is 0 Å². The van der Waals surface area contributed by atoms with Crippen molar-refractivity contribution in [3.8, 4) is 0 Å². The minimum absolute atomic E-state index is 0. The first kappa shape index (κ1) is 17.0. The molecule has 0 saturated carbocycles. The molecule has 0 aromatic carbocycles. The third-order valence-corrected chi connectivity index (χ3v) is 0. The van der Waals surface area contributed by atoms with Gasteiger partial charge in [-0.05, 0) is 0 Å². The maximum Gasteiger partial charge on any atom is 0.0379 e. The molecule has 0 atom stereocenters. The van der Waals surface area contributed by atoms with E-state index < -0.39 is 0 Å². The molecule has 9 heavy (non-hydrogen) atoms. The van der Waals surface area contributed by atoms with Crippen LogP contribution in [0.15, 0.2) is 0 Å². The molecule has 0 aliphatic carbocycles. The predicted molar refractivity (Wildman–Crippen MR) is 46.7 cm³/mol. The summed E-state index contributed by atoms with van der Waals surface area (Å²) in [5.41, 5.74) is 0. The van der Waals surface area contributed by atoms with Crippen LogP contribution in [-0.2, 0) is 0 Å². The van der Waals surface area contributed by atoms with E-state index in [1.165, 1.54) is 0 Å². The van der Waals surface area contributed by atoms with Crippen molar-refractivity contribution in [3.05, 3.63) is 0 Å².